The molecule has 1 amide bonds. The summed E-state index contributed by atoms with van der Waals surface area (Å²) in [6, 6.07) is 19.8. The standard InChI is InChI=1S/C30H32N2O4S/c1-31(2)26(33)18-32-23-17-25(30(34)35)37-29(23)27(21-13-7-4-8-14-21)28(32)22-15-9-10-16-24(22)36-19-20-11-5-3-6-12-20/h3,5-6,9-12,15-17,21H,4,7-8,13-14,18-19H2,1-2H3,(H,34,35). The summed E-state index contributed by atoms with van der Waals surface area (Å²) in [4.78, 5) is 26.8. The number of ether oxygens (including phenoxy) is 1. The van der Waals surface area contributed by atoms with Gasteiger partial charge in [0.05, 0.1) is 15.9 Å². The minimum Gasteiger partial charge on any atom is -0.488 e. The molecule has 2 aromatic heterocycles. The fraction of sp³-hybridized carbons (Fsp3) is 0.333. The van der Waals surface area contributed by atoms with E-state index in [4.69, 9.17) is 4.74 Å². The molecular weight excluding hydrogens is 484 g/mol. The van der Waals surface area contributed by atoms with E-state index in [9.17, 15) is 14.7 Å². The van der Waals surface area contributed by atoms with Gasteiger partial charge >= 0.3 is 5.97 Å². The second-order valence-electron chi connectivity index (χ2n) is 9.87. The van der Waals surface area contributed by atoms with E-state index in [0.717, 1.165) is 64.0 Å². The van der Waals surface area contributed by atoms with Crippen LogP contribution in [0.3, 0.4) is 0 Å². The molecule has 1 fully saturated rings. The number of carbonyl (C=O) groups excluding carboxylic acids is 1. The number of nitrogens with zero attached hydrogens (tertiary/aromatic N) is 2. The molecule has 0 atom stereocenters. The van der Waals surface area contributed by atoms with Gasteiger partial charge in [0, 0.05) is 19.7 Å². The van der Waals surface area contributed by atoms with Crippen molar-refractivity contribution < 1.29 is 19.4 Å². The summed E-state index contributed by atoms with van der Waals surface area (Å²) >= 11 is 1.32. The number of carboxylic acids is 1. The normalized spacial score (nSPS) is 14.1. The monoisotopic (exact) mass is 516 g/mol. The van der Waals surface area contributed by atoms with Crippen LogP contribution in [0.5, 0.6) is 5.75 Å². The number of carboxylic acid groups (broad SMARTS) is 1. The molecular formula is C30H32N2O4S. The average Bonchev–Trinajstić information content (AvgIpc) is 3.47. The van der Waals surface area contributed by atoms with E-state index >= 15 is 0 Å². The van der Waals surface area contributed by atoms with Crippen LogP contribution in [0, 0.1) is 0 Å². The first-order chi connectivity index (χ1) is 17.9. The molecule has 0 aliphatic heterocycles. The SMILES string of the molecule is CN(C)C(=O)Cn1c(-c2ccccc2OCc2ccccc2)c(C2CCCCC2)c2sc(C(=O)O)cc21. The van der Waals surface area contributed by atoms with E-state index in [-0.39, 0.29) is 12.5 Å². The lowest BCUT2D eigenvalue weighted by atomic mass is 9.83. The molecule has 1 aliphatic rings. The van der Waals surface area contributed by atoms with Crippen LogP contribution in [-0.2, 0) is 17.9 Å². The summed E-state index contributed by atoms with van der Waals surface area (Å²) in [5, 5.41) is 9.78. The van der Waals surface area contributed by atoms with Gasteiger partial charge < -0.3 is 19.3 Å². The van der Waals surface area contributed by atoms with Crippen LogP contribution in [0.25, 0.3) is 21.5 Å². The van der Waals surface area contributed by atoms with Gasteiger partial charge in [-0.05, 0) is 48.1 Å². The summed E-state index contributed by atoms with van der Waals surface area (Å²) in [7, 11) is 3.50. The fourth-order valence-corrected chi connectivity index (χ4v) is 6.40. The van der Waals surface area contributed by atoms with E-state index in [0.29, 0.717) is 17.4 Å². The summed E-state index contributed by atoms with van der Waals surface area (Å²) in [5.74, 6) is 0.0866. The molecule has 192 valence electrons. The van der Waals surface area contributed by atoms with Gasteiger partial charge in [-0.2, -0.15) is 0 Å². The Hall–Kier alpha value is -3.58. The number of fused-ring (bicyclic) bond motifs is 1. The van der Waals surface area contributed by atoms with Gasteiger partial charge in [0.2, 0.25) is 5.91 Å². The Morgan fingerprint density at radius 1 is 1.03 bits per heavy atom. The third-order valence-electron chi connectivity index (χ3n) is 7.17. The van der Waals surface area contributed by atoms with Gasteiger partial charge in [-0.3, -0.25) is 4.79 Å². The number of amides is 1. The lowest BCUT2D eigenvalue weighted by Gasteiger charge is -2.24. The Morgan fingerprint density at radius 2 is 1.73 bits per heavy atom. The molecule has 2 heterocycles. The smallest absolute Gasteiger partial charge is 0.345 e. The number of aromatic nitrogens is 1. The van der Waals surface area contributed by atoms with Crippen LogP contribution in [0.1, 0.15) is 58.8 Å². The Kier molecular flexibility index (Phi) is 7.33. The molecule has 6 nitrogen and oxygen atoms in total. The van der Waals surface area contributed by atoms with Crippen molar-refractivity contribution in [3.05, 3.63) is 76.7 Å². The zero-order valence-corrected chi connectivity index (χ0v) is 22.1. The van der Waals surface area contributed by atoms with Gasteiger partial charge in [-0.1, -0.05) is 61.7 Å². The predicted molar refractivity (Wildman–Crippen MR) is 148 cm³/mol. The second-order valence-corrected chi connectivity index (χ2v) is 10.9. The summed E-state index contributed by atoms with van der Waals surface area (Å²) in [6.45, 7) is 0.569. The van der Waals surface area contributed by atoms with Crippen LogP contribution >= 0.6 is 11.3 Å². The van der Waals surface area contributed by atoms with Crippen molar-refractivity contribution in [2.45, 2.75) is 51.2 Å². The third-order valence-corrected chi connectivity index (χ3v) is 8.31. The Morgan fingerprint density at radius 3 is 2.43 bits per heavy atom. The Bertz CT molecular complexity index is 1410. The molecule has 4 aromatic rings. The Balaban J connectivity index is 1.71. The molecule has 0 saturated heterocycles. The van der Waals surface area contributed by atoms with Crippen molar-refractivity contribution in [2.24, 2.45) is 0 Å². The number of thiophene rings is 1. The van der Waals surface area contributed by atoms with E-state index in [2.05, 4.69) is 6.07 Å². The molecule has 1 saturated carbocycles. The maximum Gasteiger partial charge on any atom is 0.345 e. The summed E-state index contributed by atoms with van der Waals surface area (Å²) in [6.07, 6.45) is 5.63. The maximum absolute atomic E-state index is 13.0. The van der Waals surface area contributed by atoms with E-state index in [1.54, 1.807) is 25.1 Å². The van der Waals surface area contributed by atoms with Crippen LogP contribution in [0.2, 0.25) is 0 Å². The minimum atomic E-state index is -0.936. The van der Waals surface area contributed by atoms with Gasteiger partial charge in [0.25, 0.3) is 0 Å². The fourth-order valence-electron chi connectivity index (χ4n) is 5.28. The molecule has 2 aromatic carbocycles. The van der Waals surface area contributed by atoms with Crippen molar-refractivity contribution in [1.82, 2.24) is 9.47 Å². The molecule has 0 bridgehead atoms. The van der Waals surface area contributed by atoms with E-state index in [1.807, 2.05) is 53.1 Å². The molecule has 0 unspecified atom stereocenters. The molecule has 5 rings (SSSR count). The van der Waals surface area contributed by atoms with Crippen molar-refractivity contribution in [1.29, 1.82) is 0 Å². The average molecular weight is 517 g/mol. The molecule has 7 heteroatoms. The number of likely N-dealkylation sites (N-methyl/N-ethyl adjacent to an activating group) is 1. The zero-order chi connectivity index (χ0) is 25.9. The predicted octanol–water partition coefficient (Wildman–Crippen LogP) is 6.78. The first kappa shape index (κ1) is 25.1. The van der Waals surface area contributed by atoms with Crippen LogP contribution in [0.4, 0.5) is 0 Å². The van der Waals surface area contributed by atoms with Gasteiger partial charge in [0.15, 0.2) is 0 Å². The lowest BCUT2D eigenvalue weighted by Crippen LogP contribution is -2.26. The Labute approximate surface area is 221 Å². The number of aromatic carboxylic acids is 1. The number of benzene rings is 2. The van der Waals surface area contributed by atoms with Crippen molar-refractivity contribution in [2.75, 3.05) is 14.1 Å². The molecule has 37 heavy (non-hydrogen) atoms. The second kappa shape index (κ2) is 10.8. The molecule has 1 N–H and O–H groups in total. The van der Waals surface area contributed by atoms with Crippen molar-refractivity contribution in [3.63, 3.8) is 0 Å². The number of hydrogen-bond donors (Lipinski definition) is 1. The van der Waals surface area contributed by atoms with Crippen LogP contribution in [-0.4, -0.2) is 40.5 Å². The van der Waals surface area contributed by atoms with Crippen molar-refractivity contribution >= 4 is 33.4 Å². The number of para-hydroxylation sites is 1. The van der Waals surface area contributed by atoms with Gasteiger partial charge in [0.1, 0.15) is 23.8 Å². The van der Waals surface area contributed by atoms with E-state index in [1.165, 1.54) is 17.8 Å². The largest absolute Gasteiger partial charge is 0.488 e. The first-order valence-electron chi connectivity index (χ1n) is 12.8. The van der Waals surface area contributed by atoms with Gasteiger partial charge in [-0.25, -0.2) is 4.79 Å². The first-order valence-corrected chi connectivity index (χ1v) is 13.6. The van der Waals surface area contributed by atoms with E-state index < -0.39 is 5.97 Å². The lowest BCUT2D eigenvalue weighted by molar-refractivity contribution is -0.129. The number of rotatable bonds is 8. The highest BCUT2D eigenvalue weighted by atomic mass is 32.1. The summed E-state index contributed by atoms with van der Waals surface area (Å²) in [5.41, 5.74) is 4.96. The number of hydrogen-bond acceptors (Lipinski definition) is 4. The topological polar surface area (TPSA) is 71.8 Å². The number of carbonyl (C=O) groups is 2. The molecule has 0 spiro atoms. The highest BCUT2D eigenvalue weighted by molar-refractivity contribution is 7.21. The summed E-state index contributed by atoms with van der Waals surface area (Å²) < 4.78 is 9.36. The van der Waals surface area contributed by atoms with Crippen LogP contribution in [0.15, 0.2) is 60.7 Å². The molecule has 1 aliphatic carbocycles. The third kappa shape index (κ3) is 5.14. The highest BCUT2D eigenvalue weighted by Gasteiger charge is 2.31. The van der Waals surface area contributed by atoms with Crippen molar-refractivity contribution in [3.8, 4) is 17.0 Å². The highest BCUT2D eigenvalue weighted by Crippen LogP contribution is 2.48. The van der Waals surface area contributed by atoms with Gasteiger partial charge in [-0.15, -0.1) is 11.3 Å². The van der Waals surface area contributed by atoms with Crippen LogP contribution < -0.4 is 4.74 Å². The minimum absolute atomic E-state index is 0.0425. The maximum atomic E-state index is 13.0. The zero-order valence-electron chi connectivity index (χ0n) is 21.3. The quantitative estimate of drug-likeness (QED) is 0.280. The molecule has 0 radical (unpaired) electrons.